The number of hydrogen-bond acceptors (Lipinski definition) is 1. The summed E-state index contributed by atoms with van der Waals surface area (Å²) in [5, 5.41) is 0. The normalized spacial score (nSPS) is 24.4. The highest BCUT2D eigenvalue weighted by Crippen LogP contribution is 2.59. The largest absolute Gasteiger partial charge is 0.335 e. The van der Waals surface area contributed by atoms with E-state index in [2.05, 4.69) is 110 Å². The number of nitrogens with zero attached hydrogens (tertiary/aromatic N) is 1. The lowest BCUT2D eigenvalue weighted by Gasteiger charge is -2.46. The molecular weight excluding hydrogens is 410 g/mol. The fourth-order valence-corrected chi connectivity index (χ4v) is 7.41. The number of benzene rings is 4. The summed E-state index contributed by atoms with van der Waals surface area (Å²) in [4.78, 5) is 2.66. The summed E-state index contributed by atoms with van der Waals surface area (Å²) in [6.45, 7) is 4.98. The van der Waals surface area contributed by atoms with Gasteiger partial charge in [0.2, 0.25) is 0 Å². The van der Waals surface area contributed by atoms with Gasteiger partial charge in [-0.15, -0.1) is 0 Å². The molecule has 4 aromatic carbocycles. The molecule has 1 saturated carbocycles. The molecular formula is C33H31N. The monoisotopic (exact) mass is 441 g/mol. The molecule has 1 aliphatic heterocycles. The third-order valence-electron chi connectivity index (χ3n) is 8.84. The minimum absolute atomic E-state index is 0.138. The zero-order valence-electron chi connectivity index (χ0n) is 20.1. The van der Waals surface area contributed by atoms with Crippen LogP contribution in [0, 0.1) is 5.92 Å². The molecule has 168 valence electrons. The molecule has 1 fully saturated rings. The van der Waals surface area contributed by atoms with Crippen LogP contribution in [-0.2, 0) is 6.42 Å². The molecule has 0 N–H and O–H groups in total. The van der Waals surface area contributed by atoms with Crippen molar-refractivity contribution in [3.63, 3.8) is 0 Å². The van der Waals surface area contributed by atoms with E-state index in [0.717, 1.165) is 6.42 Å². The third kappa shape index (κ3) is 2.79. The highest BCUT2D eigenvalue weighted by atomic mass is 15.2. The molecule has 0 spiro atoms. The first-order chi connectivity index (χ1) is 16.6. The number of fused-ring (bicyclic) bond motifs is 6. The summed E-state index contributed by atoms with van der Waals surface area (Å²) in [5.74, 6) is 1.26. The molecule has 0 saturated heterocycles. The topological polar surface area (TPSA) is 3.24 Å². The predicted molar refractivity (Wildman–Crippen MR) is 143 cm³/mol. The van der Waals surface area contributed by atoms with Crippen molar-refractivity contribution < 1.29 is 0 Å². The Labute approximate surface area is 203 Å². The molecule has 3 unspecified atom stereocenters. The van der Waals surface area contributed by atoms with Crippen LogP contribution >= 0.6 is 0 Å². The van der Waals surface area contributed by atoms with Crippen LogP contribution in [0.15, 0.2) is 91.0 Å². The third-order valence-corrected chi connectivity index (χ3v) is 8.84. The van der Waals surface area contributed by atoms with Gasteiger partial charge in [-0.1, -0.05) is 80.1 Å². The number of anilines is 2. The molecule has 3 atom stereocenters. The summed E-state index contributed by atoms with van der Waals surface area (Å²) in [6.07, 6.45) is 4.93. The second-order valence-corrected chi connectivity index (χ2v) is 10.9. The van der Waals surface area contributed by atoms with Crippen molar-refractivity contribution in [3.8, 4) is 22.3 Å². The second-order valence-electron chi connectivity index (χ2n) is 10.9. The zero-order chi connectivity index (χ0) is 22.9. The van der Waals surface area contributed by atoms with Crippen LogP contribution in [0.3, 0.4) is 0 Å². The van der Waals surface area contributed by atoms with E-state index < -0.39 is 0 Å². The highest BCUT2D eigenvalue weighted by Gasteiger charge is 2.52. The van der Waals surface area contributed by atoms with Crippen LogP contribution in [0.2, 0.25) is 0 Å². The summed E-state index contributed by atoms with van der Waals surface area (Å²) < 4.78 is 0. The molecule has 0 radical (unpaired) electrons. The number of rotatable bonds is 2. The van der Waals surface area contributed by atoms with Gasteiger partial charge in [0, 0.05) is 22.8 Å². The fourth-order valence-electron chi connectivity index (χ4n) is 7.41. The van der Waals surface area contributed by atoms with Crippen molar-refractivity contribution in [1.82, 2.24) is 0 Å². The van der Waals surface area contributed by atoms with Crippen molar-refractivity contribution in [2.24, 2.45) is 5.92 Å². The molecule has 0 amide bonds. The SMILES string of the molecule is CC1CCCC2(C)C1c1cc(-c3ccc4c(c3)Cc3ccccc3-4)ccc1N2c1ccccc1. The molecule has 0 bridgehead atoms. The van der Waals surface area contributed by atoms with E-state index >= 15 is 0 Å². The lowest BCUT2D eigenvalue weighted by Crippen LogP contribution is -2.47. The minimum atomic E-state index is 0.138. The molecule has 3 aliphatic rings. The Morgan fingerprint density at radius 3 is 2.38 bits per heavy atom. The van der Waals surface area contributed by atoms with Gasteiger partial charge in [-0.2, -0.15) is 0 Å². The Morgan fingerprint density at radius 1 is 0.765 bits per heavy atom. The lowest BCUT2D eigenvalue weighted by molar-refractivity contribution is 0.223. The van der Waals surface area contributed by atoms with Crippen molar-refractivity contribution in [1.29, 1.82) is 0 Å². The summed E-state index contributed by atoms with van der Waals surface area (Å²) in [6, 6.07) is 34.3. The van der Waals surface area contributed by atoms with E-state index in [4.69, 9.17) is 0 Å². The molecule has 2 aliphatic carbocycles. The van der Waals surface area contributed by atoms with Gasteiger partial charge in [-0.05, 0) is 95.3 Å². The maximum absolute atomic E-state index is 2.66. The average Bonchev–Trinajstić information content (AvgIpc) is 3.36. The van der Waals surface area contributed by atoms with Gasteiger partial charge in [0.25, 0.3) is 0 Å². The Bertz CT molecular complexity index is 1400. The quantitative estimate of drug-likeness (QED) is 0.265. The van der Waals surface area contributed by atoms with Gasteiger partial charge in [0.15, 0.2) is 0 Å². The zero-order valence-corrected chi connectivity index (χ0v) is 20.1. The first-order valence-corrected chi connectivity index (χ1v) is 12.8. The Morgan fingerprint density at radius 2 is 1.50 bits per heavy atom. The summed E-state index contributed by atoms with van der Waals surface area (Å²) in [7, 11) is 0. The van der Waals surface area contributed by atoms with Gasteiger partial charge in [0.05, 0.1) is 0 Å². The molecule has 34 heavy (non-hydrogen) atoms. The van der Waals surface area contributed by atoms with Crippen molar-refractivity contribution in [3.05, 3.63) is 108 Å². The first-order valence-electron chi connectivity index (χ1n) is 12.8. The second kappa shape index (κ2) is 7.34. The Balaban J connectivity index is 1.34. The van der Waals surface area contributed by atoms with E-state index in [-0.39, 0.29) is 5.54 Å². The molecule has 1 heteroatoms. The van der Waals surface area contributed by atoms with Crippen molar-refractivity contribution in [2.75, 3.05) is 4.90 Å². The lowest BCUT2D eigenvalue weighted by atomic mass is 9.67. The van der Waals surface area contributed by atoms with Crippen LogP contribution < -0.4 is 4.90 Å². The summed E-state index contributed by atoms with van der Waals surface area (Å²) in [5.41, 5.74) is 12.8. The molecule has 7 rings (SSSR count). The van der Waals surface area contributed by atoms with Crippen molar-refractivity contribution in [2.45, 2.75) is 51.0 Å². The molecule has 4 aromatic rings. The van der Waals surface area contributed by atoms with Crippen molar-refractivity contribution >= 4 is 11.4 Å². The highest BCUT2D eigenvalue weighted by molar-refractivity contribution is 5.82. The van der Waals surface area contributed by atoms with Crippen LogP contribution in [0.25, 0.3) is 22.3 Å². The predicted octanol–water partition coefficient (Wildman–Crippen LogP) is 8.74. The van der Waals surface area contributed by atoms with Crippen LogP contribution in [0.5, 0.6) is 0 Å². The average molecular weight is 442 g/mol. The molecule has 1 nitrogen and oxygen atoms in total. The van der Waals surface area contributed by atoms with Gasteiger partial charge in [-0.25, -0.2) is 0 Å². The number of hydrogen-bond donors (Lipinski definition) is 0. The van der Waals surface area contributed by atoms with Gasteiger partial charge in [-0.3, -0.25) is 0 Å². The smallest absolute Gasteiger partial charge is 0.0495 e. The maximum atomic E-state index is 2.66. The minimum Gasteiger partial charge on any atom is -0.335 e. The standard InChI is InChI=1S/C33H31N/c1-22-9-8-18-33(2)32(22)30-21-24(15-17-31(30)34(33)27-11-4-3-5-12-27)23-14-16-29-26(19-23)20-25-10-6-7-13-28(25)29/h3-7,10-17,19,21-22,32H,8-9,18,20H2,1-2H3. The van der Waals surface area contributed by atoms with E-state index in [0.29, 0.717) is 11.8 Å². The van der Waals surface area contributed by atoms with Crippen LogP contribution in [-0.4, -0.2) is 5.54 Å². The van der Waals surface area contributed by atoms with E-state index in [1.165, 1.54) is 64.0 Å². The maximum Gasteiger partial charge on any atom is 0.0495 e. The summed E-state index contributed by atoms with van der Waals surface area (Å²) >= 11 is 0. The van der Waals surface area contributed by atoms with Gasteiger partial charge in [0.1, 0.15) is 0 Å². The van der Waals surface area contributed by atoms with Gasteiger partial charge >= 0.3 is 0 Å². The van der Waals surface area contributed by atoms with Crippen LogP contribution in [0.1, 0.15) is 55.7 Å². The Hall–Kier alpha value is -3.32. The van der Waals surface area contributed by atoms with E-state index in [1.807, 2.05) is 0 Å². The Kier molecular flexibility index (Phi) is 4.34. The number of para-hydroxylation sites is 1. The van der Waals surface area contributed by atoms with Crippen LogP contribution in [0.4, 0.5) is 11.4 Å². The molecule has 1 heterocycles. The first kappa shape index (κ1) is 20.1. The van der Waals surface area contributed by atoms with Gasteiger partial charge < -0.3 is 4.90 Å². The fraction of sp³-hybridized carbons (Fsp3) is 0.273. The molecule has 0 aromatic heterocycles. The van der Waals surface area contributed by atoms with E-state index in [1.54, 1.807) is 5.56 Å². The van der Waals surface area contributed by atoms with E-state index in [9.17, 15) is 0 Å².